The molecule has 0 radical (unpaired) electrons. The zero-order chi connectivity index (χ0) is 9.80. The van der Waals surface area contributed by atoms with E-state index in [4.69, 9.17) is 5.73 Å². The summed E-state index contributed by atoms with van der Waals surface area (Å²) in [5.41, 5.74) is 6.73. The SMILES string of the molecule is Cl.NCc1ncnn1Cc1ccccc1. The number of rotatable bonds is 3. The zero-order valence-corrected chi connectivity index (χ0v) is 9.02. The third kappa shape index (κ3) is 2.78. The van der Waals surface area contributed by atoms with Crippen LogP contribution in [0.2, 0.25) is 0 Å². The number of hydrogen-bond donors (Lipinski definition) is 1. The second kappa shape index (κ2) is 5.48. The van der Waals surface area contributed by atoms with Crippen molar-refractivity contribution in [2.24, 2.45) is 5.73 Å². The molecule has 1 aromatic carbocycles. The molecule has 2 N–H and O–H groups in total. The van der Waals surface area contributed by atoms with Crippen LogP contribution in [0.1, 0.15) is 11.4 Å². The van der Waals surface area contributed by atoms with Crippen molar-refractivity contribution in [3.63, 3.8) is 0 Å². The summed E-state index contributed by atoms with van der Waals surface area (Å²) in [7, 11) is 0. The van der Waals surface area contributed by atoms with Crippen molar-refractivity contribution in [1.29, 1.82) is 0 Å². The summed E-state index contributed by atoms with van der Waals surface area (Å²) in [6.45, 7) is 1.15. The number of aromatic nitrogens is 3. The molecule has 5 heteroatoms. The van der Waals surface area contributed by atoms with Gasteiger partial charge in [0, 0.05) is 0 Å². The summed E-state index contributed by atoms with van der Waals surface area (Å²) in [5, 5.41) is 4.11. The fraction of sp³-hybridized carbons (Fsp3) is 0.200. The summed E-state index contributed by atoms with van der Waals surface area (Å²) < 4.78 is 1.81. The minimum atomic E-state index is 0. The van der Waals surface area contributed by atoms with E-state index in [9.17, 15) is 0 Å². The minimum Gasteiger partial charge on any atom is -0.324 e. The molecular weight excluding hydrogens is 212 g/mol. The number of nitrogens with two attached hydrogens (primary N) is 1. The fourth-order valence-corrected chi connectivity index (χ4v) is 1.33. The van der Waals surface area contributed by atoms with Gasteiger partial charge in [-0.15, -0.1) is 12.4 Å². The molecule has 0 aliphatic carbocycles. The molecule has 0 atom stereocenters. The monoisotopic (exact) mass is 224 g/mol. The molecule has 0 saturated heterocycles. The van der Waals surface area contributed by atoms with E-state index in [1.807, 2.05) is 22.9 Å². The summed E-state index contributed by atoms with van der Waals surface area (Å²) in [6.07, 6.45) is 1.53. The van der Waals surface area contributed by atoms with Crippen LogP contribution in [-0.4, -0.2) is 14.8 Å². The predicted molar refractivity (Wildman–Crippen MR) is 60.7 cm³/mol. The van der Waals surface area contributed by atoms with Gasteiger partial charge in [0.1, 0.15) is 12.2 Å². The topological polar surface area (TPSA) is 56.7 Å². The fourth-order valence-electron chi connectivity index (χ4n) is 1.33. The molecule has 1 aromatic heterocycles. The van der Waals surface area contributed by atoms with Gasteiger partial charge in [0.25, 0.3) is 0 Å². The van der Waals surface area contributed by atoms with Crippen molar-refractivity contribution in [1.82, 2.24) is 14.8 Å². The lowest BCUT2D eigenvalue weighted by molar-refractivity contribution is 0.639. The quantitative estimate of drug-likeness (QED) is 0.853. The number of halogens is 1. The lowest BCUT2D eigenvalue weighted by atomic mass is 10.2. The van der Waals surface area contributed by atoms with E-state index in [2.05, 4.69) is 22.2 Å². The molecule has 0 aliphatic heterocycles. The molecular formula is C10H13ClN4. The highest BCUT2D eigenvalue weighted by molar-refractivity contribution is 5.85. The van der Waals surface area contributed by atoms with Gasteiger partial charge in [0.15, 0.2) is 0 Å². The molecule has 0 aliphatic rings. The second-order valence-corrected chi connectivity index (χ2v) is 3.02. The Hall–Kier alpha value is -1.39. The van der Waals surface area contributed by atoms with Crippen LogP contribution in [0, 0.1) is 0 Å². The lowest BCUT2D eigenvalue weighted by Crippen LogP contribution is -2.10. The second-order valence-electron chi connectivity index (χ2n) is 3.02. The standard InChI is InChI=1S/C10H12N4.ClH/c11-6-10-12-8-13-14(10)7-9-4-2-1-3-5-9;/h1-5,8H,6-7,11H2;1H. The summed E-state index contributed by atoms with van der Waals surface area (Å²) >= 11 is 0. The molecule has 2 aromatic rings. The lowest BCUT2D eigenvalue weighted by Gasteiger charge is -2.03. The van der Waals surface area contributed by atoms with Crippen LogP contribution in [0.5, 0.6) is 0 Å². The molecule has 2 rings (SSSR count). The third-order valence-corrected chi connectivity index (χ3v) is 2.05. The number of nitrogens with zero attached hydrogens (tertiary/aromatic N) is 3. The molecule has 0 saturated carbocycles. The van der Waals surface area contributed by atoms with E-state index >= 15 is 0 Å². The van der Waals surface area contributed by atoms with E-state index in [0.717, 1.165) is 12.4 Å². The van der Waals surface area contributed by atoms with Crippen LogP contribution in [0.25, 0.3) is 0 Å². The summed E-state index contributed by atoms with van der Waals surface area (Å²) in [4.78, 5) is 4.06. The molecule has 0 fully saturated rings. The van der Waals surface area contributed by atoms with Gasteiger partial charge in [-0.05, 0) is 5.56 Å². The highest BCUT2D eigenvalue weighted by atomic mass is 35.5. The van der Waals surface area contributed by atoms with Crippen LogP contribution in [0.15, 0.2) is 36.7 Å². The molecule has 0 spiro atoms. The number of benzene rings is 1. The molecule has 15 heavy (non-hydrogen) atoms. The highest BCUT2D eigenvalue weighted by Gasteiger charge is 2.01. The average Bonchev–Trinajstić information content (AvgIpc) is 2.67. The Morgan fingerprint density at radius 2 is 1.93 bits per heavy atom. The van der Waals surface area contributed by atoms with E-state index in [1.165, 1.54) is 11.9 Å². The third-order valence-electron chi connectivity index (χ3n) is 2.05. The maximum atomic E-state index is 5.53. The van der Waals surface area contributed by atoms with Crippen molar-refractivity contribution >= 4 is 12.4 Å². The Labute approximate surface area is 94.5 Å². The van der Waals surface area contributed by atoms with Gasteiger partial charge in [0.05, 0.1) is 13.1 Å². The summed E-state index contributed by atoms with van der Waals surface area (Å²) in [6, 6.07) is 10.1. The van der Waals surface area contributed by atoms with Crippen molar-refractivity contribution in [3.8, 4) is 0 Å². The number of hydrogen-bond acceptors (Lipinski definition) is 3. The molecule has 0 amide bonds. The van der Waals surface area contributed by atoms with Crippen LogP contribution < -0.4 is 5.73 Å². The van der Waals surface area contributed by atoms with Crippen LogP contribution >= 0.6 is 12.4 Å². The van der Waals surface area contributed by atoms with Gasteiger partial charge < -0.3 is 5.73 Å². The van der Waals surface area contributed by atoms with Crippen molar-refractivity contribution in [2.45, 2.75) is 13.1 Å². The Balaban J connectivity index is 0.00000112. The maximum Gasteiger partial charge on any atom is 0.140 e. The van der Waals surface area contributed by atoms with Gasteiger partial charge >= 0.3 is 0 Å². The largest absolute Gasteiger partial charge is 0.324 e. The molecule has 0 bridgehead atoms. The van der Waals surface area contributed by atoms with Gasteiger partial charge in [0.2, 0.25) is 0 Å². The smallest absolute Gasteiger partial charge is 0.140 e. The minimum absolute atomic E-state index is 0. The maximum absolute atomic E-state index is 5.53. The first-order valence-electron chi connectivity index (χ1n) is 4.51. The van der Waals surface area contributed by atoms with Crippen LogP contribution in [-0.2, 0) is 13.1 Å². The van der Waals surface area contributed by atoms with Crippen molar-refractivity contribution in [3.05, 3.63) is 48.0 Å². The Morgan fingerprint density at radius 3 is 2.60 bits per heavy atom. The van der Waals surface area contributed by atoms with Crippen LogP contribution in [0.3, 0.4) is 0 Å². The molecule has 4 nitrogen and oxygen atoms in total. The van der Waals surface area contributed by atoms with Crippen molar-refractivity contribution in [2.75, 3.05) is 0 Å². The van der Waals surface area contributed by atoms with Gasteiger partial charge in [-0.25, -0.2) is 9.67 Å². The van der Waals surface area contributed by atoms with Gasteiger partial charge in [-0.2, -0.15) is 5.10 Å². The Morgan fingerprint density at radius 1 is 1.20 bits per heavy atom. The van der Waals surface area contributed by atoms with E-state index in [1.54, 1.807) is 0 Å². The van der Waals surface area contributed by atoms with Crippen molar-refractivity contribution < 1.29 is 0 Å². The zero-order valence-electron chi connectivity index (χ0n) is 8.21. The van der Waals surface area contributed by atoms with Crippen LogP contribution in [0.4, 0.5) is 0 Å². The molecule has 0 unspecified atom stereocenters. The highest BCUT2D eigenvalue weighted by Crippen LogP contribution is 2.02. The Kier molecular flexibility index (Phi) is 4.27. The predicted octanol–water partition coefficient (Wildman–Crippen LogP) is 1.21. The van der Waals surface area contributed by atoms with Gasteiger partial charge in [-0.3, -0.25) is 0 Å². The molecule has 80 valence electrons. The summed E-state index contributed by atoms with van der Waals surface area (Å²) in [5.74, 6) is 0.814. The van der Waals surface area contributed by atoms with E-state index in [0.29, 0.717) is 6.54 Å². The van der Waals surface area contributed by atoms with E-state index in [-0.39, 0.29) is 12.4 Å². The normalized spacial score (nSPS) is 9.67. The van der Waals surface area contributed by atoms with E-state index < -0.39 is 0 Å². The average molecular weight is 225 g/mol. The van der Waals surface area contributed by atoms with Gasteiger partial charge in [-0.1, -0.05) is 30.3 Å². The Bertz CT molecular complexity index is 399. The first kappa shape index (κ1) is 11.7. The molecule has 1 heterocycles. The first-order chi connectivity index (χ1) is 6.90. The first-order valence-corrected chi connectivity index (χ1v) is 4.51.